The molecular formula is C22H25N3. The van der Waals surface area contributed by atoms with Gasteiger partial charge in [0.15, 0.2) is 0 Å². The van der Waals surface area contributed by atoms with Crippen molar-refractivity contribution in [2.24, 2.45) is 5.92 Å². The van der Waals surface area contributed by atoms with Crippen LogP contribution in [0.5, 0.6) is 0 Å². The van der Waals surface area contributed by atoms with E-state index in [0.29, 0.717) is 0 Å². The van der Waals surface area contributed by atoms with Crippen LogP contribution in [0.25, 0.3) is 17.0 Å². The third-order valence-electron chi connectivity index (χ3n) is 5.21. The van der Waals surface area contributed by atoms with Crippen LogP contribution in [0.2, 0.25) is 0 Å². The average molecular weight is 331 g/mol. The molecule has 2 aromatic carbocycles. The minimum Gasteiger partial charge on any atom is -0.300 e. The van der Waals surface area contributed by atoms with Crippen molar-refractivity contribution >= 4 is 17.0 Å². The number of benzene rings is 2. The molecule has 128 valence electrons. The third-order valence-corrected chi connectivity index (χ3v) is 5.21. The van der Waals surface area contributed by atoms with E-state index in [0.717, 1.165) is 18.0 Å². The third kappa shape index (κ3) is 4.18. The molecule has 0 spiro atoms. The highest BCUT2D eigenvalue weighted by Gasteiger charge is 2.18. The van der Waals surface area contributed by atoms with Gasteiger partial charge in [-0.15, -0.1) is 0 Å². The number of hydrogen-bond donors (Lipinski definition) is 1. The van der Waals surface area contributed by atoms with E-state index in [4.69, 9.17) is 0 Å². The molecule has 1 fully saturated rings. The summed E-state index contributed by atoms with van der Waals surface area (Å²) in [5, 5.41) is 8.24. The zero-order chi connectivity index (χ0) is 16.9. The molecule has 1 aliphatic rings. The van der Waals surface area contributed by atoms with Crippen LogP contribution in [0.1, 0.15) is 24.0 Å². The Bertz CT molecular complexity index is 827. The average Bonchev–Trinajstić information content (AvgIpc) is 3.12. The van der Waals surface area contributed by atoms with Crippen molar-refractivity contribution in [3.63, 3.8) is 0 Å². The number of aromatic nitrogens is 2. The number of aromatic amines is 1. The van der Waals surface area contributed by atoms with E-state index in [1.807, 2.05) is 6.20 Å². The van der Waals surface area contributed by atoms with Gasteiger partial charge in [-0.05, 0) is 61.5 Å². The lowest BCUT2D eigenvalue weighted by Gasteiger charge is -2.31. The van der Waals surface area contributed by atoms with Crippen molar-refractivity contribution in [2.75, 3.05) is 19.6 Å². The molecule has 0 bridgehead atoms. The molecule has 0 amide bonds. The van der Waals surface area contributed by atoms with Gasteiger partial charge in [0.2, 0.25) is 0 Å². The molecule has 0 unspecified atom stereocenters. The molecule has 25 heavy (non-hydrogen) atoms. The molecule has 3 aromatic rings. The van der Waals surface area contributed by atoms with Crippen LogP contribution >= 0.6 is 0 Å². The summed E-state index contributed by atoms with van der Waals surface area (Å²) in [4.78, 5) is 2.56. The van der Waals surface area contributed by atoms with E-state index >= 15 is 0 Å². The molecule has 0 atom stereocenters. The van der Waals surface area contributed by atoms with Crippen molar-refractivity contribution in [3.8, 4) is 0 Å². The molecule has 4 rings (SSSR count). The molecule has 0 radical (unpaired) electrons. The van der Waals surface area contributed by atoms with Crippen LogP contribution < -0.4 is 0 Å². The number of hydrogen-bond acceptors (Lipinski definition) is 2. The van der Waals surface area contributed by atoms with Gasteiger partial charge < -0.3 is 0 Å². The second-order valence-electron chi connectivity index (χ2n) is 7.05. The SMILES string of the molecule is C(=C\c1ccc2[nH]ncc2c1)/CN1CCC(Cc2ccccc2)CC1. The Hall–Kier alpha value is -2.39. The Labute approximate surface area is 149 Å². The maximum atomic E-state index is 4.08. The fraction of sp³-hybridized carbons (Fsp3) is 0.318. The van der Waals surface area contributed by atoms with Crippen LogP contribution in [0.3, 0.4) is 0 Å². The largest absolute Gasteiger partial charge is 0.300 e. The molecule has 0 aliphatic carbocycles. The Morgan fingerprint density at radius 2 is 1.92 bits per heavy atom. The van der Waals surface area contributed by atoms with Crippen LogP contribution in [-0.2, 0) is 6.42 Å². The second-order valence-corrected chi connectivity index (χ2v) is 7.05. The van der Waals surface area contributed by atoms with Crippen LogP contribution in [-0.4, -0.2) is 34.7 Å². The molecule has 1 aromatic heterocycles. The molecule has 2 heterocycles. The first-order valence-electron chi connectivity index (χ1n) is 9.23. The number of nitrogens with zero attached hydrogens (tertiary/aromatic N) is 2. The smallest absolute Gasteiger partial charge is 0.0650 e. The van der Waals surface area contributed by atoms with E-state index in [-0.39, 0.29) is 0 Å². The highest BCUT2D eigenvalue weighted by atomic mass is 15.1. The number of H-pyrrole nitrogens is 1. The maximum Gasteiger partial charge on any atom is 0.0650 e. The number of piperidine rings is 1. The van der Waals surface area contributed by atoms with Gasteiger partial charge in [-0.3, -0.25) is 10.00 Å². The van der Waals surface area contributed by atoms with Crippen LogP contribution in [0.15, 0.2) is 60.8 Å². The second kappa shape index (κ2) is 7.66. The molecule has 3 heteroatoms. The summed E-state index contributed by atoms with van der Waals surface area (Å²) in [5.41, 5.74) is 3.82. The zero-order valence-corrected chi connectivity index (χ0v) is 14.6. The van der Waals surface area contributed by atoms with Crippen molar-refractivity contribution < 1.29 is 0 Å². The van der Waals surface area contributed by atoms with Gasteiger partial charge >= 0.3 is 0 Å². The Balaban J connectivity index is 1.25. The first-order valence-corrected chi connectivity index (χ1v) is 9.23. The van der Waals surface area contributed by atoms with E-state index in [1.165, 1.54) is 48.9 Å². The predicted molar refractivity (Wildman–Crippen MR) is 104 cm³/mol. The number of nitrogens with one attached hydrogen (secondary N) is 1. The minimum absolute atomic E-state index is 0.839. The molecule has 3 nitrogen and oxygen atoms in total. The Morgan fingerprint density at radius 3 is 2.76 bits per heavy atom. The molecule has 1 N–H and O–H groups in total. The highest BCUT2D eigenvalue weighted by Crippen LogP contribution is 2.21. The zero-order valence-electron chi connectivity index (χ0n) is 14.6. The standard InChI is InChI=1S/C22H25N3/c1-2-5-18(6-3-1)15-20-10-13-25(14-11-20)12-4-7-19-8-9-22-21(16-19)17-23-24-22/h1-9,16-17,20H,10-15H2,(H,23,24)/b7-4+. The first kappa shape index (κ1) is 16.1. The van der Waals surface area contributed by atoms with Gasteiger partial charge in [0, 0.05) is 11.9 Å². The summed E-state index contributed by atoms with van der Waals surface area (Å²) in [5.74, 6) is 0.839. The van der Waals surface area contributed by atoms with Gasteiger partial charge in [0.05, 0.1) is 11.7 Å². The Kier molecular flexibility index (Phi) is 4.93. The summed E-state index contributed by atoms with van der Waals surface area (Å²) in [6, 6.07) is 17.3. The van der Waals surface area contributed by atoms with Gasteiger partial charge in [0.25, 0.3) is 0 Å². The lowest BCUT2D eigenvalue weighted by Crippen LogP contribution is -2.34. The van der Waals surface area contributed by atoms with Crippen molar-refractivity contribution in [1.29, 1.82) is 0 Å². The summed E-state index contributed by atoms with van der Waals surface area (Å²) in [6.45, 7) is 3.46. The maximum absolute atomic E-state index is 4.08. The Morgan fingerprint density at radius 1 is 1.08 bits per heavy atom. The van der Waals surface area contributed by atoms with E-state index < -0.39 is 0 Å². The number of fused-ring (bicyclic) bond motifs is 1. The topological polar surface area (TPSA) is 31.9 Å². The lowest BCUT2D eigenvalue weighted by atomic mass is 9.90. The van der Waals surface area contributed by atoms with Gasteiger partial charge in [-0.1, -0.05) is 48.6 Å². The van der Waals surface area contributed by atoms with E-state index in [1.54, 1.807) is 0 Å². The van der Waals surface area contributed by atoms with Gasteiger partial charge in [-0.25, -0.2) is 0 Å². The van der Waals surface area contributed by atoms with E-state index in [9.17, 15) is 0 Å². The predicted octanol–water partition coefficient (Wildman–Crippen LogP) is 4.53. The van der Waals surface area contributed by atoms with E-state index in [2.05, 4.69) is 75.8 Å². The quantitative estimate of drug-likeness (QED) is 0.745. The summed E-state index contributed by atoms with van der Waals surface area (Å²) in [7, 11) is 0. The lowest BCUT2D eigenvalue weighted by molar-refractivity contribution is 0.200. The van der Waals surface area contributed by atoms with Gasteiger partial charge in [0.1, 0.15) is 0 Å². The first-order chi connectivity index (χ1) is 12.4. The highest BCUT2D eigenvalue weighted by molar-refractivity contribution is 5.80. The van der Waals surface area contributed by atoms with Crippen molar-refractivity contribution in [2.45, 2.75) is 19.3 Å². The molecule has 0 saturated carbocycles. The summed E-state index contributed by atoms with van der Waals surface area (Å²) < 4.78 is 0. The normalized spacial score (nSPS) is 16.8. The fourth-order valence-corrected chi connectivity index (χ4v) is 3.72. The monoisotopic (exact) mass is 331 g/mol. The minimum atomic E-state index is 0.839. The summed E-state index contributed by atoms with van der Waals surface area (Å²) in [6.07, 6.45) is 10.2. The van der Waals surface area contributed by atoms with Crippen molar-refractivity contribution in [1.82, 2.24) is 15.1 Å². The molecule has 1 aliphatic heterocycles. The van der Waals surface area contributed by atoms with Gasteiger partial charge in [-0.2, -0.15) is 5.10 Å². The summed E-state index contributed by atoms with van der Waals surface area (Å²) >= 11 is 0. The molecule has 1 saturated heterocycles. The molecular weight excluding hydrogens is 306 g/mol. The number of rotatable bonds is 5. The fourth-order valence-electron chi connectivity index (χ4n) is 3.72. The number of likely N-dealkylation sites (tertiary alicyclic amines) is 1. The van der Waals surface area contributed by atoms with Crippen molar-refractivity contribution in [3.05, 3.63) is 71.9 Å². The van der Waals surface area contributed by atoms with Crippen LogP contribution in [0.4, 0.5) is 0 Å². The van der Waals surface area contributed by atoms with Crippen LogP contribution in [0, 0.1) is 5.92 Å².